The molecule has 0 aliphatic rings. The van der Waals surface area contributed by atoms with Crippen LogP contribution in [0.1, 0.15) is 15.9 Å². The summed E-state index contributed by atoms with van der Waals surface area (Å²) in [6.07, 6.45) is 0. The number of esters is 1. The molecule has 0 radical (unpaired) electrons. The molecule has 0 atom stereocenters. The summed E-state index contributed by atoms with van der Waals surface area (Å²) >= 11 is 11.7. The Morgan fingerprint density at radius 3 is 2.62 bits per heavy atom. The molecule has 0 unspecified atom stereocenters. The van der Waals surface area contributed by atoms with Crippen molar-refractivity contribution in [2.45, 2.75) is 6.61 Å². The maximum atomic E-state index is 13.4. The second kappa shape index (κ2) is 6.28. The number of carbonyl (C=O) groups is 1. The average molecular weight is 332 g/mol. The lowest BCUT2D eigenvalue weighted by atomic mass is 10.2. The zero-order valence-corrected chi connectivity index (χ0v) is 12.0. The van der Waals surface area contributed by atoms with Crippen LogP contribution in [0, 0.1) is 11.6 Å². The number of carbonyl (C=O) groups excluding carboxylic acids is 1. The molecule has 0 spiro atoms. The maximum absolute atomic E-state index is 13.4. The monoisotopic (exact) mass is 331 g/mol. The summed E-state index contributed by atoms with van der Waals surface area (Å²) in [4.78, 5) is 11.9. The summed E-state index contributed by atoms with van der Waals surface area (Å²) in [5, 5.41) is 0.0798. The SMILES string of the molecule is Nc1cc(Cl)c(Cl)c(C(=O)OCc2cc(F)ccc2F)c1. The number of nitrogens with two attached hydrogens (primary N) is 1. The van der Waals surface area contributed by atoms with E-state index in [9.17, 15) is 13.6 Å². The molecule has 0 amide bonds. The van der Waals surface area contributed by atoms with E-state index in [4.69, 9.17) is 33.7 Å². The highest BCUT2D eigenvalue weighted by Gasteiger charge is 2.16. The van der Waals surface area contributed by atoms with Gasteiger partial charge in [0.05, 0.1) is 15.6 Å². The van der Waals surface area contributed by atoms with Crippen molar-refractivity contribution in [3.05, 3.63) is 63.1 Å². The van der Waals surface area contributed by atoms with Gasteiger partial charge in [-0.3, -0.25) is 0 Å². The van der Waals surface area contributed by atoms with E-state index >= 15 is 0 Å². The van der Waals surface area contributed by atoms with Crippen molar-refractivity contribution in [2.24, 2.45) is 0 Å². The second-order valence-corrected chi connectivity index (χ2v) is 4.96. The van der Waals surface area contributed by atoms with E-state index < -0.39 is 24.2 Å². The highest BCUT2D eigenvalue weighted by atomic mass is 35.5. The van der Waals surface area contributed by atoms with Gasteiger partial charge in [-0.05, 0) is 30.3 Å². The molecule has 2 aromatic carbocycles. The number of anilines is 1. The number of benzene rings is 2. The standard InChI is InChI=1S/C14H9Cl2F2NO2/c15-11-5-9(19)4-10(13(11)16)14(20)21-6-7-3-8(17)1-2-12(7)18/h1-5H,6,19H2. The minimum atomic E-state index is -0.835. The molecule has 0 aliphatic heterocycles. The molecule has 2 rings (SSSR count). The van der Waals surface area contributed by atoms with Crippen LogP contribution in [0.5, 0.6) is 0 Å². The molecule has 2 N–H and O–H groups in total. The number of halogens is 4. The van der Waals surface area contributed by atoms with Crippen LogP contribution in [0.2, 0.25) is 10.0 Å². The van der Waals surface area contributed by atoms with Crippen molar-refractivity contribution in [2.75, 3.05) is 5.73 Å². The predicted molar refractivity (Wildman–Crippen MR) is 76.4 cm³/mol. The molecule has 0 saturated carbocycles. The van der Waals surface area contributed by atoms with Crippen LogP contribution in [-0.4, -0.2) is 5.97 Å². The van der Waals surface area contributed by atoms with Gasteiger partial charge in [-0.15, -0.1) is 0 Å². The fraction of sp³-hybridized carbons (Fsp3) is 0.0714. The van der Waals surface area contributed by atoms with Crippen LogP contribution in [0.3, 0.4) is 0 Å². The summed E-state index contributed by atoms with van der Waals surface area (Å²) in [5.41, 5.74) is 5.66. The molecule has 0 saturated heterocycles. The molecular weight excluding hydrogens is 323 g/mol. The van der Waals surface area contributed by atoms with Crippen LogP contribution in [0.4, 0.5) is 14.5 Å². The topological polar surface area (TPSA) is 52.3 Å². The zero-order chi connectivity index (χ0) is 15.6. The molecule has 0 heterocycles. The number of ether oxygens (including phenoxy) is 1. The van der Waals surface area contributed by atoms with E-state index in [1.54, 1.807) is 0 Å². The minimum absolute atomic E-state index is 0.0180. The lowest BCUT2D eigenvalue weighted by Crippen LogP contribution is -2.08. The molecule has 2 aromatic rings. The van der Waals surface area contributed by atoms with Crippen LogP contribution in [0.15, 0.2) is 30.3 Å². The van der Waals surface area contributed by atoms with Gasteiger partial charge >= 0.3 is 5.97 Å². The molecule has 3 nitrogen and oxygen atoms in total. The predicted octanol–water partition coefficient (Wildman–Crippen LogP) is 4.21. The van der Waals surface area contributed by atoms with E-state index in [-0.39, 0.29) is 26.9 Å². The molecule has 0 aromatic heterocycles. The van der Waals surface area contributed by atoms with E-state index in [1.807, 2.05) is 0 Å². The Morgan fingerprint density at radius 1 is 1.19 bits per heavy atom. The van der Waals surface area contributed by atoms with E-state index in [0.29, 0.717) is 0 Å². The Labute approximate surface area is 129 Å². The van der Waals surface area contributed by atoms with E-state index in [2.05, 4.69) is 0 Å². The lowest BCUT2D eigenvalue weighted by Gasteiger charge is -2.09. The van der Waals surface area contributed by atoms with Gasteiger partial charge in [0.15, 0.2) is 0 Å². The average Bonchev–Trinajstić information content (AvgIpc) is 2.43. The molecule has 7 heteroatoms. The Bertz CT molecular complexity index is 708. The number of hydrogen-bond acceptors (Lipinski definition) is 3. The minimum Gasteiger partial charge on any atom is -0.457 e. The first-order valence-corrected chi connectivity index (χ1v) is 6.49. The fourth-order valence-electron chi connectivity index (χ4n) is 1.63. The quantitative estimate of drug-likeness (QED) is 0.677. The van der Waals surface area contributed by atoms with Gasteiger partial charge < -0.3 is 10.5 Å². The summed E-state index contributed by atoms with van der Waals surface area (Å²) < 4.78 is 31.3. The molecular formula is C14H9Cl2F2NO2. The fourth-order valence-corrected chi connectivity index (χ4v) is 2.05. The van der Waals surface area contributed by atoms with Crippen molar-refractivity contribution in [3.8, 4) is 0 Å². The smallest absolute Gasteiger partial charge is 0.340 e. The van der Waals surface area contributed by atoms with Gasteiger partial charge in [-0.2, -0.15) is 0 Å². The van der Waals surface area contributed by atoms with Gasteiger partial charge in [0.1, 0.15) is 18.2 Å². The van der Waals surface area contributed by atoms with E-state index in [0.717, 1.165) is 18.2 Å². The van der Waals surface area contributed by atoms with Crippen molar-refractivity contribution in [1.82, 2.24) is 0 Å². The van der Waals surface area contributed by atoms with Crippen molar-refractivity contribution < 1.29 is 18.3 Å². The van der Waals surface area contributed by atoms with Gasteiger partial charge in [-0.1, -0.05) is 23.2 Å². The summed E-state index contributed by atoms with van der Waals surface area (Å²) in [7, 11) is 0. The number of rotatable bonds is 3. The zero-order valence-electron chi connectivity index (χ0n) is 10.5. The Kier molecular flexibility index (Phi) is 4.65. The summed E-state index contributed by atoms with van der Waals surface area (Å²) in [6.45, 7) is -0.439. The van der Waals surface area contributed by atoms with Crippen molar-refractivity contribution in [3.63, 3.8) is 0 Å². The Morgan fingerprint density at radius 2 is 1.90 bits per heavy atom. The molecule has 110 valence electrons. The second-order valence-electron chi connectivity index (χ2n) is 4.18. The molecule has 0 aliphatic carbocycles. The summed E-state index contributed by atoms with van der Waals surface area (Å²) in [6, 6.07) is 5.53. The van der Waals surface area contributed by atoms with Gasteiger partial charge in [-0.25, -0.2) is 13.6 Å². The molecule has 0 bridgehead atoms. The first-order chi connectivity index (χ1) is 9.88. The Balaban J connectivity index is 2.17. The van der Waals surface area contributed by atoms with Gasteiger partial charge in [0.25, 0.3) is 0 Å². The number of nitrogen functional groups attached to an aromatic ring is 1. The highest BCUT2D eigenvalue weighted by Crippen LogP contribution is 2.29. The van der Waals surface area contributed by atoms with Gasteiger partial charge in [0, 0.05) is 11.3 Å². The first-order valence-electron chi connectivity index (χ1n) is 5.74. The van der Waals surface area contributed by atoms with Crippen LogP contribution in [0.25, 0.3) is 0 Å². The largest absolute Gasteiger partial charge is 0.457 e. The lowest BCUT2D eigenvalue weighted by molar-refractivity contribution is 0.0469. The third-order valence-corrected chi connectivity index (χ3v) is 3.44. The van der Waals surface area contributed by atoms with Crippen molar-refractivity contribution >= 4 is 34.9 Å². The first kappa shape index (κ1) is 15.5. The maximum Gasteiger partial charge on any atom is 0.340 e. The van der Waals surface area contributed by atoms with E-state index in [1.165, 1.54) is 12.1 Å². The normalized spacial score (nSPS) is 10.5. The molecule has 0 fully saturated rings. The van der Waals surface area contributed by atoms with Crippen LogP contribution in [-0.2, 0) is 11.3 Å². The van der Waals surface area contributed by atoms with Crippen LogP contribution < -0.4 is 5.73 Å². The van der Waals surface area contributed by atoms with Crippen molar-refractivity contribution in [1.29, 1.82) is 0 Å². The van der Waals surface area contributed by atoms with Gasteiger partial charge in [0.2, 0.25) is 0 Å². The third-order valence-electron chi connectivity index (χ3n) is 2.64. The van der Waals surface area contributed by atoms with Crippen LogP contribution >= 0.6 is 23.2 Å². The summed E-state index contributed by atoms with van der Waals surface area (Å²) in [5.74, 6) is -2.15. The third kappa shape index (κ3) is 3.62. The number of hydrogen-bond donors (Lipinski definition) is 1. The highest BCUT2D eigenvalue weighted by molar-refractivity contribution is 6.44. The Hall–Kier alpha value is -1.85. The molecule has 21 heavy (non-hydrogen) atoms.